The highest BCUT2D eigenvalue weighted by Gasteiger charge is 2.28. The van der Waals surface area contributed by atoms with Crippen LogP contribution in [-0.4, -0.2) is 51.6 Å². The van der Waals surface area contributed by atoms with Gasteiger partial charge in [-0.05, 0) is 49.9 Å². The van der Waals surface area contributed by atoms with Gasteiger partial charge in [0, 0.05) is 26.2 Å². The van der Waals surface area contributed by atoms with Gasteiger partial charge in [-0.3, -0.25) is 0 Å². The normalized spacial score (nSPS) is 17.3. The van der Waals surface area contributed by atoms with E-state index in [0.717, 1.165) is 32.1 Å². The van der Waals surface area contributed by atoms with E-state index in [4.69, 9.17) is 0 Å². The first-order chi connectivity index (χ1) is 11.7. The molecular formula is C17H28N2O4S2. The number of nitrogens with zero attached hydrogens (tertiary/aromatic N) is 2. The van der Waals surface area contributed by atoms with E-state index < -0.39 is 20.0 Å². The monoisotopic (exact) mass is 388 g/mol. The summed E-state index contributed by atoms with van der Waals surface area (Å²) in [6.45, 7) is 4.96. The Morgan fingerprint density at radius 2 is 1.40 bits per heavy atom. The number of hydrogen-bond acceptors (Lipinski definition) is 4. The van der Waals surface area contributed by atoms with E-state index in [1.165, 1.54) is 32.9 Å². The van der Waals surface area contributed by atoms with E-state index in [9.17, 15) is 16.8 Å². The molecule has 0 bridgehead atoms. The summed E-state index contributed by atoms with van der Waals surface area (Å²) in [5.41, 5.74) is 0. The molecule has 0 atom stereocenters. The lowest BCUT2D eigenvalue weighted by atomic mass is 10.2. The molecule has 1 aromatic carbocycles. The van der Waals surface area contributed by atoms with Crippen molar-refractivity contribution in [3.63, 3.8) is 0 Å². The summed E-state index contributed by atoms with van der Waals surface area (Å²) in [4.78, 5) is 0.276. The Labute approximate surface area is 151 Å². The van der Waals surface area contributed by atoms with Crippen molar-refractivity contribution in [2.24, 2.45) is 0 Å². The van der Waals surface area contributed by atoms with Crippen LogP contribution in [0.15, 0.2) is 34.1 Å². The lowest BCUT2D eigenvalue weighted by Crippen LogP contribution is -2.36. The SMILES string of the molecule is CCC(CC)N(C)S(=O)(=O)c1ccc(S(=O)(=O)N2CCCCC2)cc1. The minimum Gasteiger partial charge on any atom is -0.207 e. The molecule has 0 amide bonds. The predicted octanol–water partition coefficient (Wildman–Crippen LogP) is 2.67. The van der Waals surface area contributed by atoms with E-state index in [2.05, 4.69) is 0 Å². The minimum atomic E-state index is -3.62. The van der Waals surface area contributed by atoms with Crippen LogP contribution in [0, 0.1) is 0 Å². The third-order valence-corrected chi connectivity index (χ3v) is 8.75. The van der Waals surface area contributed by atoms with Crippen LogP contribution < -0.4 is 0 Å². The maximum Gasteiger partial charge on any atom is 0.243 e. The third-order valence-electron chi connectivity index (χ3n) is 4.91. The lowest BCUT2D eigenvalue weighted by Gasteiger charge is -2.27. The van der Waals surface area contributed by atoms with Crippen molar-refractivity contribution >= 4 is 20.0 Å². The van der Waals surface area contributed by atoms with Gasteiger partial charge < -0.3 is 0 Å². The average Bonchev–Trinajstić information content (AvgIpc) is 2.63. The summed E-state index contributed by atoms with van der Waals surface area (Å²) in [5.74, 6) is 0. The number of hydrogen-bond donors (Lipinski definition) is 0. The smallest absolute Gasteiger partial charge is 0.207 e. The van der Waals surface area contributed by atoms with Crippen molar-refractivity contribution in [2.45, 2.75) is 61.8 Å². The van der Waals surface area contributed by atoms with E-state index in [0.29, 0.717) is 13.1 Å². The van der Waals surface area contributed by atoms with Gasteiger partial charge in [-0.1, -0.05) is 20.3 Å². The van der Waals surface area contributed by atoms with Gasteiger partial charge in [0.15, 0.2) is 0 Å². The van der Waals surface area contributed by atoms with Gasteiger partial charge in [0.25, 0.3) is 0 Å². The number of benzene rings is 1. The topological polar surface area (TPSA) is 74.8 Å². The zero-order chi connectivity index (χ0) is 18.7. The highest BCUT2D eigenvalue weighted by atomic mass is 32.2. The van der Waals surface area contributed by atoms with Crippen LogP contribution in [0.4, 0.5) is 0 Å². The van der Waals surface area contributed by atoms with Gasteiger partial charge in [-0.15, -0.1) is 0 Å². The molecule has 142 valence electrons. The van der Waals surface area contributed by atoms with Gasteiger partial charge in [0.1, 0.15) is 0 Å². The summed E-state index contributed by atoms with van der Waals surface area (Å²) in [5, 5.41) is 0. The first-order valence-electron chi connectivity index (χ1n) is 8.83. The highest BCUT2D eigenvalue weighted by molar-refractivity contribution is 7.89. The van der Waals surface area contributed by atoms with Crippen LogP contribution in [-0.2, 0) is 20.0 Å². The van der Waals surface area contributed by atoms with Crippen LogP contribution in [0.25, 0.3) is 0 Å². The van der Waals surface area contributed by atoms with Crippen molar-refractivity contribution in [3.8, 4) is 0 Å². The van der Waals surface area contributed by atoms with E-state index >= 15 is 0 Å². The highest BCUT2D eigenvalue weighted by Crippen LogP contribution is 2.24. The van der Waals surface area contributed by atoms with Crippen molar-refractivity contribution in [3.05, 3.63) is 24.3 Å². The molecule has 0 aromatic heterocycles. The van der Waals surface area contributed by atoms with Gasteiger partial charge >= 0.3 is 0 Å². The predicted molar refractivity (Wildman–Crippen MR) is 98.4 cm³/mol. The molecule has 25 heavy (non-hydrogen) atoms. The molecule has 8 heteroatoms. The number of sulfonamides is 2. The molecule has 0 aliphatic carbocycles. The largest absolute Gasteiger partial charge is 0.243 e. The van der Waals surface area contributed by atoms with Gasteiger partial charge in [0.2, 0.25) is 20.0 Å². The van der Waals surface area contributed by atoms with E-state index in [1.54, 1.807) is 7.05 Å². The maximum absolute atomic E-state index is 12.7. The fourth-order valence-electron chi connectivity index (χ4n) is 3.20. The number of piperidine rings is 1. The Kier molecular flexibility index (Phi) is 6.64. The third kappa shape index (κ3) is 4.24. The van der Waals surface area contributed by atoms with Crippen LogP contribution in [0.1, 0.15) is 46.0 Å². The molecule has 2 rings (SSSR count). The molecular weight excluding hydrogens is 360 g/mol. The Morgan fingerprint density at radius 1 is 0.920 bits per heavy atom. The van der Waals surface area contributed by atoms with Crippen molar-refractivity contribution < 1.29 is 16.8 Å². The lowest BCUT2D eigenvalue weighted by molar-refractivity contribution is 0.346. The molecule has 6 nitrogen and oxygen atoms in total. The van der Waals surface area contributed by atoms with Crippen molar-refractivity contribution in [1.82, 2.24) is 8.61 Å². The Hall–Kier alpha value is -0.960. The van der Waals surface area contributed by atoms with Crippen LogP contribution in [0.5, 0.6) is 0 Å². The van der Waals surface area contributed by atoms with Gasteiger partial charge in [0.05, 0.1) is 9.79 Å². The van der Waals surface area contributed by atoms with Crippen LogP contribution in [0.3, 0.4) is 0 Å². The molecule has 1 heterocycles. The zero-order valence-electron chi connectivity index (χ0n) is 15.2. The Morgan fingerprint density at radius 3 is 1.88 bits per heavy atom. The molecule has 1 aromatic rings. The fourth-order valence-corrected chi connectivity index (χ4v) is 6.22. The Bertz CT molecular complexity index is 763. The minimum absolute atomic E-state index is 0.0678. The zero-order valence-corrected chi connectivity index (χ0v) is 16.8. The second kappa shape index (κ2) is 8.16. The summed E-state index contributed by atoms with van der Waals surface area (Å²) in [6, 6.07) is 5.52. The Balaban J connectivity index is 2.27. The molecule has 0 N–H and O–H groups in total. The van der Waals surface area contributed by atoms with Crippen molar-refractivity contribution in [2.75, 3.05) is 20.1 Å². The van der Waals surface area contributed by atoms with Crippen LogP contribution >= 0.6 is 0 Å². The second-order valence-electron chi connectivity index (χ2n) is 6.43. The van der Waals surface area contributed by atoms with E-state index in [-0.39, 0.29) is 15.8 Å². The van der Waals surface area contributed by atoms with Crippen molar-refractivity contribution in [1.29, 1.82) is 0 Å². The summed E-state index contributed by atoms with van der Waals surface area (Å²) in [7, 11) is -5.60. The first-order valence-corrected chi connectivity index (χ1v) is 11.7. The summed E-state index contributed by atoms with van der Waals surface area (Å²) in [6.07, 6.45) is 4.24. The van der Waals surface area contributed by atoms with Gasteiger partial charge in [-0.25, -0.2) is 16.8 Å². The van der Waals surface area contributed by atoms with Gasteiger partial charge in [-0.2, -0.15) is 8.61 Å². The quantitative estimate of drug-likeness (QED) is 0.720. The molecule has 0 unspecified atom stereocenters. The standard InChI is InChI=1S/C17H28N2O4S2/c1-4-15(5-2)18(3)24(20,21)16-9-11-17(12-10-16)25(22,23)19-13-7-6-8-14-19/h9-12,15H,4-8,13-14H2,1-3H3. The number of rotatable bonds is 7. The molecule has 1 saturated heterocycles. The van der Waals surface area contributed by atoms with E-state index in [1.807, 2.05) is 13.8 Å². The molecule has 1 aliphatic heterocycles. The maximum atomic E-state index is 12.7. The molecule has 0 radical (unpaired) electrons. The summed E-state index contributed by atoms with van der Waals surface area (Å²) < 4.78 is 53.6. The second-order valence-corrected chi connectivity index (χ2v) is 10.4. The average molecular weight is 389 g/mol. The molecule has 0 spiro atoms. The van der Waals surface area contributed by atoms with Crippen LogP contribution in [0.2, 0.25) is 0 Å². The summed E-state index contributed by atoms with van der Waals surface area (Å²) >= 11 is 0. The molecule has 0 saturated carbocycles. The first kappa shape index (κ1) is 20.4. The molecule has 1 aliphatic rings. The molecule has 1 fully saturated rings. The fraction of sp³-hybridized carbons (Fsp3) is 0.647.